The number of ether oxygens (including phenoxy) is 1. The van der Waals surface area contributed by atoms with Crippen molar-refractivity contribution < 1.29 is 17.9 Å². The third-order valence-corrected chi connectivity index (χ3v) is 3.26. The fourth-order valence-electron chi connectivity index (χ4n) is 2.02. The van der Waals surface area contributed by atoms with Gasteiger partial charge in [0.2, 0.25) is 0 Å². The number of benzene rings is 1. The zero-order valence-electron chi connectivity index (χ0n) is 11.0. The molecule has 0 aliphatic rings. The maximum Gasteiger partial charge on any atom is 0.416 e. The first kappa shape index (κ1) is 15.6. The van der Waals surface area contributed by atoms with Gasteiger partial charge in [0.15, 0.2) is 0 Å². The summed E-state index contributed by atoms with van der Waals surface area (Å²) in [7, 11) is 1.40. The Kier molecular flexibility index (Phi) is 4.39. The van der Waals surface area contributed by atoms with Gasteiger partial charge in [-0.25, -0.2) is 0 Å². The monoisotopic (exact) mass is 316 g/mol. The summed E-state index contributed by atoms with van der Waals surface area (Å²) in [5.41, 5.74) is 5.44. The van der Waals surface area contributed by atoms with Crippen LogP contribution in [0, 0.1) is 0 Å². The summed E-state index contributed by atoms with van der Waals surface area (Å²) in [5.74, 6) is 0.326. The number of aromatic nitrogens is 1. The molecule has 0 amide bonds. The van der Waals surface area contributed by atoms with Crippen LogP contribution >= 0.6 is 11.6 Å². The summed E-state index contributed by atoms with van der Waals surface area (Å²) in [6, 6.07) is 4.46. The van der Waals surface area contributed by atoms with Gasteiger partial charge in [-0.1, -0.05) is 17.7 Å². The summed E-state index contributed by atoms with van der Waals surface area (Å²) in [6.07, 6.45) is -2.31. The van der Waals surface area contributed by atoms with E-state index in [4.69, 9.17) is 22.1 Å². The Labute approximate surface area is 124 Å². The smallest absolute Gasteiger partial charge is 0.416 e. The Morgan fingerprint density at radius 3 is 2.57 bits per heavy atom. The lowest BCUT2D eigenvalue weighted by Crippen LogP contribution is -2.19. The predicted octanol–water partition coefficient (Wildman–Crippen LogP) is 3.81. The number of hydrogen-bond donors (Lipinski definition) is 1. The molecule has 3 nitrogen and oxygen atoms in total. The van der Waals surface area contributed by atoms with Crippen LogP contribution in [0.2, 0.25) is 5.02 Å². The first-order valence-electron chi connectivity index (χ1n) is 5.94. The average molecular weight is 317 g/mol. The van der Waals surface area contributed by atoms with Gasteiger partial charge in [0.05, 0.1) is 18.7 Å². The fourth-order valence-corrected chi connectivity index (χ4v) is 2.18. The molecule has 0 radical (unpaired) electrons. The van der Waals surface area contributed by atoms with Crippen molar-refractivity contribution in [1.29, 1.82) is 0 Å². The number of nitrogens with two attached hydrogens (primary N) is 1. The molecular formula is C14H12ClF3N2O. The summed E-state index contributed by atoms with van der Waals surface area (Å²) >= 11 is 5.84. The summed E-state index contributed by atoms with van der Waals surface area (Å²) in [4.78, 5) is 3.73. The van der Waals surface area contributed by atoms with E-state index in [0.29, 0.717) is 16.3 Å². The molecule has 112 valence electrons. The molecule has 1 aromatic carbocycles. The van der Waals surface area contributed by atoms with Crippen LogP contribution in [-0.2, 0) is 6.18 Å². The fraction of sp³-hybridized carbons (Fsp3) is 0.214. The van der Waals surface area contributed by atoms with Crippen LogP contribution in [-0.4, -0.2) is 12.1 Å². The Balaban J connectivity index is 2.53. The summed E-state index contributed by atoms with van der Waals surface area (Å²) in [5, 5.41) is 0.407. The Bertz CT molecular complexity index is 646. The lowest BCUT2D eigenvalue weighted by atomic mass is 9.96. The van der Waals surface area contributed by atoms with E-state index in [1.165, 1.54) is 13.2 Å². The van der Waals surface area contributed by atoms with Crippen LogP contribution in [0.1, 0.15) is 22.7 Å². The Morgan fingerprint density at radius 1 is 1.24 bits per heavy atom. The van der Waals surface area contributed by atoms with Crippen molar-refractivity contribution in [1.82, 2.24) is 4.98 Å². The van der Waals surface area contributed by atoms with Gasteiger partial charge in [-0.15, -0.1) is 0 Å². The number of alkyl halides is 3. The molecule has 0 saturated carbocycles. The highest BCUT2D eigenvalue weighted by Gasteiger charge is 2.35. The predicted molar refractivity (Wildman–Crippen MR) is 73.3 cm³/mol. The number of nitrogens with zero attached hydrogens (tertiary/aromatic N) is 1. The molecule has 0 fully saturated rings. The van der Waals surface area contributed by atoms with Gasteiger partial charge in [0, 0.05) is 28.5 Å². The van der Waals surface area contributed by atoms with Crippen molar-refractivity contribution in [3.63, 3.8) is 0 Å². The van der Waals surface area contributed by atoms with Gasteiger partial charge in [-0.05, 0) is 18.2 Å². The van der Waals surface area contributed by atoms with E-state index in [1.807, 2.05) is 0 Å². The van der Waals surface area contributed by atoms with Crippen molar-refractivity contribution in [3.8, 4) is 5.75 Å². The van der Waals surface area contributed by atoms with Crippen LogP contribution in [0.15, 0.2) is 36.7 Å². The molecule has 0 aliphatic carbocycles. The number of halogens is 4. The van der Waals surface area contributed by atoms with E-state index in [9.17, 15) is 13.2 Å². The summed E-state index contributed by atoms with van der Waals surface area (Å²) in [6.45, 7) is 0. The molecule has 2 rings (SSSR count). The second-order valence-electron chi connectivity index (χ2n) is 4.32. The maximum absolute atomic E-state index is 13.0. The first-order valence-corrected chi connectivity index (χ1v) is 6.32. The lowest BCUT2D eigenvalue weighted by Gasteiger charge is -2.20. The Hall–Kier alpha value is -1.79. The van der Waals surface area contributed by atoms with Crippen LogP contribution in [0.5, 0.6) is 5.75 Å². The molecular weight excluding hydrogens is 305 g/mol. The highest BCUT2D eigenvalue weighted by atomic mass is 35.5. The number of hydrogen-bond acceptors (Lipinski definition) is 3. The van der Waals surface area contributed by atoms with Gasteiger partial charge in [0.25, 0.3) is 0 Å². The van der Waals surface area contributed by atoms with Crippen LogP contribution in [0.3, 0.4) is 0 Å². The molecule has 21 heavy (non-hydrogen) atoms. The Morgan fingerprint density at radius 2 is 1.95 bits per heavy atom. The molecule has 2 aromatic rings. The third-order valence-electron chi connectivity index (χ3n) is 3.02. The minimum absolute atomic E-state index is 0.120. The molecule has 1 unspecified atom stereocenters. The maximum atomic E-state index is 13.0. The summed E-state index contributed by atoms with van der Waals surface area (Å²) < 4.78 is 44.2. The first-order chi connectivity index (χ1) is 9.84. The standard InChI is InChI=1S/C14H12ClF3N2O/c1-21-12-6-8(15)2-3-9(12)13(19)10-7-20-5-4-11(10)14(16,17)18/h2-7,13H,19H2,1H3. The zero-order valence-corrected chi connectivity index (χ0v) is 11.7. The molecule has 0 spiro atoms. The number of methoxy groups -OCH3 is 1. The second kappa shape index (κ2) is 5.91. The molecule has 0 saturated heterocycles. The van der Waals surface area contributed by atoms with Crippen LogP contribution in [0.25, 0.3) is 0 Å². The number of rotatable bonds is 3. The van der Waals surface area contributed by atoms with E-state index in [-0.39, 0.29) is 5.56 Å². The highest BCUT2D eigenvalue weighted by Crippen LogP contribution is 2.37. The quantitative estimate of drug-likeness (QED) is 0.936. The minimum atomic E-state index is -4.50. The minimum Gasteiger partial charge on any atom is -0.496 e. The molecule has 0 bridgehead atoms. The highest BCUT2D eigenvalue weighted by molar-refractivity contribution is 6.30. The number of pyridine rings is 1. The average Bonchev–Trinajstić information content (AvgIpc) is 2.45. The SMILES string of the molecule is COc1cc(Cl)ccc1C(N)c1cnccc1C(F)(F)F. The molecule has 1 aromatic heterocycles. The van der Waals surface area contributed by atoms with Crippen molar-refractivity contribution in [3.05, 3.63) is 58.4 Å². The van der Waals surface area contributed by atoms with Gasteiger partial charge in [-0.3, -0.25) is 4.98 Å². The van der Waals surface area contributed by atoms with Gasteiger partial charge >= 0.3 is 6.18 Å². The van der Waals surface area contributed by atoms with Gasteiger partial charge in [0.1, 0.15) is 5.75 Å². The van der Waals surface area contributed by atoms with Crippen LogP contribution in [0.4, 0.5) is 13.2 Å². The van der Waals surface area contributed by atoms with Crippen molar-refractivity contribution in [2.24, 2.45) is 5.73 Å². The zero-order chi connectivity index (χ0) is 15.6. The molecule has 7 heteroatoms. The normalized spacial score (nSPS) is 13.0. The van der Waals surface area contributed by atoms with E-state index < -0.39 is 17.8 Å². The van der Waals surface area contributed by atoms with E-state index >= 15 is 0 Å². The molecule has 0 aliphatic heterocycles. The molecule has 1 atom stereocenters. The van der Waals surface area contributed by atoms with E-state index in [1.54, 1.807) is 12.1 Å². The molecule has 2 N–H and O–H groups in total. The van der Waals surface area contributed by atoms with Crippen LogP contribution < -0.4 is 10.5 Å². The molecule has 1 heterocycles. The topological polar surface area (TPSA) is 48.1 Å². The van der Waals surface area contributed by atoms with Crippen molar-refractivity contribution in [2.75, 3.05) is 7.11 Å². The van der Waals surface area contributed by atoms with Gasteiger partial charge in [-0.2, -0.15) is 13.2 Å². The largest absolute Gasteiger partial charge is 0.496 e. The third kappa shape index (κ3) is 3.28. The van der Waals surface area contributed by atoms with Gasteiger partial charge < -0.3 is 10.5 Å². The van der Waals surface area contributed by atoms with E-state index in [2.05, 4.69) is 4.98 Å². The van der Waals surface area contributed by atoms with Crippen molar-refractivity contribution >= 4 is 11.6 Å². The second-order valence-corrected chi connectivity index (χ2v) is 4.76. The lowest BCUT2D eigenvalue weighted by molar-refractivity contribution is -0.138. The van der Waals surface area contributed by atoms with E-state index in [0.717, 1.165) is 18.5 Å². The van der Waals surface area contributed by atoms with Crippen molar-refractivity contribution in [2.45, 2.75) is 12.2 Å².